The molecule has 1 aromatic carbocycles. The number of aromatic nitrogens is 2. The third kappa shape index (κ3) is 3.87. The summed E-state index contributed by atoms with van der Waals surface area (Å²) in [6, 6.07) is 14.7. The largest absolute Gasteiger partial charge is 0.366 e. The average Bonchev–Trinajstić information content (AvgIpc) is 2.39. The molecule has 17 heavy (non-hydrogen) atoms. The van der Waals surface area contributed by atoms with Crippen LogP contribution in [0.4, 0.5) is 5.82 Å². The van der Waals surface area contributed by atoms with E-state index < -0.39 is 0 Å². The van der Waals surface area contributed by atoms with Crippen LogP contribution in [0.25, 0.3) is 0 Å². The third-order valence-electron chi connectivity index (χ3n) is 2.68. The van der Waals surface area contributed by atoms with E-state index in [4.69, 9.17) is 0 Å². The quantitative estimate of drug-likeness (QED) is 0.853. The molecule has 0 saturated carbocycles. The summed E-state index contributed by atoms with van der Waals surface area (Å²) in [6.45, 7) is 2.16. The van der Waals surface area contributed by atoms with E-state index >= 15 is 0 Å². The number of rotatable bonds is 5. The maximum atomic E-state index is 4.01. The van der Waals surface area contributed by atoms with Gasteiger partial charge in [-0.2, -0.15) is 5.10 Å². The topological polar surface area (TPSA) is 37.8 Å². The van der Waals surface area contributed by atoms with Gasteiger partial charge in [-0.15, -0.1) is 5.10 Å². The lowest BCUT2D eigenvalue weighted by atomic mass is 10.1. The van der Waals surface area contributed by atoms with Gasteiger partial charge >= 0.3 is 0 Å². The number of anilines is 1. The second-order valence-corrected chi connectivity index (χ2v) is 4.18. The average molecular weight is 227 g/mol. The Morgan fingerprint density at radius 3 is 2.65 bits per heavy atom. The van der Waals surface area contributed by atoms with Crippen molar-refractivity contribution < 1.29 is 0 Å². The van der Waals surface area contributed by atoms with E-state index in [2.05, 4.69) is 46.7 Å². The predicted molar refractivity (Wildman–Crippen MR) is 69.9 cm³/mol. The summed E-state index contributed by atoms with van der Waals surface area (Å²) in [4.78, 5) is 0. The Morgan fingerprint density at radius 1 is 1.12 bits per heavy atom. The molecule has 2 aromatic rings. The highest BCUT2D eigenvalue weighted by Gasteiger charge is 2.03. The smallest absolute Gasteiger partial charge is 0.148 e. The molecule has 0 aliphatic heterocycles. The standard InChI is InChI=1S/C14H17N3/c1-12(16-14-8-5-11-15-17-14)9-10-13-6-3-2-4-7-13/h2-8,11-12H,9-10H2,1H3,(H,16,17). The Kier molecular flexibility index (Phi) is 4.08. The number of aryl methyl sites for hydroxylation is 1. The van der Waals surface area contributed by atoms with Crippen molar-refractivity contribution >= 4 is 5.82 Å². The fourth-order valence-electron chi connectivity index (χ4n) is 1.73. The number of hydrogen-bond donors (Lipinski definition) is 1. The van der Waals surface area contributed by atoms with Crippen molar-refractivity contribution in [2.24, 2.45) is 0 Å². The molecule has 88 valence electrons. The monoisotopic (exact) mass is 227 g/mol. The van der Waals surface area contributed by atoms with Gasteiger partial charge in [0.05, 0.1) is 0 Å². The predicted octanol–water partition coefficient (Wildman–Crippen LogP) is 2.91. The van der Waals surface area contributed by atoms with E-state index in [9.17, 15) is 0 Å². The lowest BCUT2D eigenvalue weighted by Gasteiger charge is -2.13. The van der Waals surface area contributed by atoms with Crippen LogP contribution in [0.15, 0.2) is 48.7 Å². The van der Waals surface area contributed by atoms with E-state index in [-0.39, 0.29) is 0 Å². The van der Waals surface area contributed by atoms with Crippen LogP contribution < -0.4 is 5.32 Å². The van der Waals surface area contributed by atoms with Crippen molar-refractivity contribution in [1.82, 2.24) is 10.2 Å². The van der Waals surface area contributed by atoms with Gasteiger partial charge in [0.1, 0.15) is 5.82 Å². The molecule has 0 aliphatic carbocycles. The minimum Gasteiger partial charge on any atom is -0.366 e. The van der Waals surface area contributed by atoms with E-state index in [0.717, 1.165) is 18.7 Å². The Balaban J connectivity index is 1.80. The highest BCUT2D eigenvalue weighted by Crippen LogP contribution is 2.08. The minimum absolute atomic E-state index is 0.395. The third-order valence-corrected chi connectivity index (χ3v) is 2.68. The molecule has 0 saturated heterocycles. The highest BCUT2D eigenvalue weighted by molar-refractivity contribution is 5.32. The van der Waals surface area contributed by atoms with Gasteiger partial charge < -0.3 is 5.32 Å². The second kappa shape index (κ2) is 5.99. The zero-order valence-electron chi connectivity index (χ0n) is 10.0. The maximum absolute atomic E-state index is 4.01. The van der Waals surface area contributed by atoms with Crippen molar-refractivity contribution in [3.05, 3.63) is 54.2 Å². The molecular formula is C14H17N3. The fraction of sp³-hybridized carbons (Fsp3) is 0.286. The molecular weight excluding hydrogens is 210 g/mol. The van der Waals surface area contributed by atoms with Gasteiger partial charge in [0.25, 0.3) is 0 Å². The molecule has 0 fully saturated rings. The SMILES string of the molecule is CC(CCc1ccccc1)Nc1cccnn1. The van der Waals surface area contributed by atoms with Crippen LogP contribution in [0.1, 0.15) is 18.9 Å². The van der Waals surface area contributed by atoms with Crippen LogP contribution in [0, 0.1) is 0 Å². The van der Waals surface area contributed by atoms with Gasteiger partial charge in [-0.25, -0.2) is 0 Å². The number of nitrogens with zero attached hydrogens (tertiary/aromatic N) is 2. The van der Waals surface area contributed by atoms with Gasteiger partial charge in [0.15, 0.2) is 0 Å². The van der Waals surface area contributed by atoms with Gasteiger partial charge in [0, 0.05) is 12.2 Å². The zero-order valence-corrected chi connectivity index (χ0v) is 10.0. The Hall–Kier alpha value is -1.90. The summed E-state index contributed by atoms with van der Waals surface area (Å²) in [5.41, 5.74) is 1.38. The summed E-state index contributed by atoms with van der Waals surface area (Å²) in [5.74, 6) is 0.841. The van der Waals surface area contributed by atoms with Crippen molar-refractivity contribution in [3.8, 4) is 0 Å². The van der Waals surface area contributed by atoms with Crippen LogP contribution in [0.3, 0.4) is 0 Å². The molecule has 1 aromatic heterocycles. The lowest BCUT2D eigenvalue weighted by molar-refractivity contribution is 0.700. The van der Waals surface area contributed by atoms with Gasteiger partial charge in [-0.1, -0.05) is 30.3 Å². The first-order chi connectivity index (χ1) is 8.34. The molecule has 2 rings (SSSR count). The van der Waals surface area contributed by atoms with Crippen LogP contribution >= 0.6 is 0 Å². The molecule has 1 atom stereocenters. The molecule has 1 N–H and O–H groups in total. The summed E-state index contributed by atoms with van der Waals surface area (Å²) in [7, 11) is 0. The molecule has 0 aliphatic rings. The van der Waals surface area contributed by atoms with Crippen LogP contribution in [0.2, 0.25) is 0 Å². The molecule has 0 bridgehead atoms. The Bertz CT molecular complexity index is 428. The zero-order chi connectivity index (χ0) is 11.9. The van der Waals surface area contributed by atoms with Crippen LogP contribution in [-0.4, -0.2) is 16.2 Å². The van der Waals surface area contributed by atoms with Crippen molar-refractivity contribution in [2.45, 2.75) is 25.8 Å². The number of nitrogens with one attached hydrogen (secondary N) is 1. The van der Waals surface area contributed by atoms with E-state index in [0.29, 0.717) is 6.04 Å². The number of benzene rings is 1. The van der Waals surface area contributed by atoms with E-state index in [1.54, 1.807) is 6.20 Å². The molecule has 0 radical (unpaired) electrons. The van der Waals surface area contributed by atoms with Gasteiger partial charge in [-0.3, -0.25) is 0 Å². The summed E-state index contributed by atoms with van der Waals surface area (Å²) in [6.07, 6.45) is 3.84. The fourth-order valence-corrected chi connectivity index (χ4v) is 1.73. The molecule has 0 amide bonds. The first-order valence-electron chi connectivity index (χ1n) is 5.93. The molecule has 1 unspecified atom stereocenters. The maximum Gasteiger partial charge on any atom is 0.148 e. The first-order valence-corrected chi connectivity index (χ1v) is 5.93. The molecule has 3 nitrogen and oxygen atoms in total. The van der Waals surface area contributed by atoms with Gasteiger partial charge in [-0.05, 0) is 37.5 Å². The molecule has 3 heteroatoms. The molecule has 1 heterocycles. The minimum atomic E-state index is 0.395. The summed E-state index contributed by atoms with van der Waals surface area (Å²) < 4.78 is 0. The lowest BCUT2D eigenvalue weighted by Crippen LogP contribution is -2.17. The van der Waals surface area contributed by atoms with Crippen LogP contribution in [0.5, 0.6) is 0 Å². The summed E-state index contributed by atoms with van der Waals surface area (Å²) >= 11 is 0. The summed E-state index contributed by atoms with van der Waals surface area (Å²) in [5, 5.41) is 11.2. The first kappa shape index (κ1) is 11.6. The van der Waals surface area contributed by atoms with Gasteiger partial charge in [0.2, 0.25) is 0 Å². The van der Waals surface area contributed by atoms with Crippen molar-refractivity contribution in [3.63, 3.8) is 0 Å². The normalized spacial score (nSPS) is 12.1. The van der Waals surface area contributed by atoms with E-state index in [1.807, 2.05) is 18.2 Å². The van der Waals surface area contributed by atoms with Crippen molar-refractivity contribution in [2.75, 3.05) is 5.32 Å². The van der Waals surface area contributed by atoms with E-state index in [1.165, 1.54) is 5.56 Å². The Labute approximate surface area is 102 Å². The molecule has 0 spiro atoms. The number of hydrogen-bond acceptors (Lipinski definition) is 3. The van der Waals surface area contributed by atoms with Crippen molar-refractivity contribution in [1.29, 1.82) is 0 Å². The second-order valence-electron chi connectivity index (χ2n) is 4.18. The highest BCUT2D eigenvalue weighted by atomic mass is 15.2. The van der Waals surface area contributed by atoms with Crippen LogP contribution in [-0.2, 0) is 6.42 Å². The Morgan fingerprint density at radius 2 is 1.94 bits per heavy atom.